The van der Waals surface area contributed by atoms with Crippen LogP contribution < -0.4 is 16.0 Å². The van der Waals surface area contributed by atoms with Crippen LogP contribution in [0.25, 0.3) is 0 Å². The molecule has 0 bridgehead atoms. The summed E-state index contributed by atoms with van der Waals surface area (Å²) >= 11 is 5.70. The highest BCUT2D eigenvalue weighted by atomic mass is 35.5. The largest absolute Gasteiger partial charge is 0.495 e. The summed E-state index contributed by atoms with van der Waals surface area (Å²) in [6, 6.07) is 5.18. The third kappa shape index (κ3) is 5.59. The molecule has 0 fully saturated rings. The molecular weight excluding hydrogens is 252 g/mol. The fraction of sp³-hybridized carbons (Fsp3) is 0.111. The monoisotopic (exact) mass is 262 g/mol. The average Bonchev–Trinajstić information content (AvgIpc) is 2.29. The number of ether oxygens (including phenoxy) is 1. The van der Waals surface area contributed by atoms with E-state index in [0.29, 0.717) is 16.5 Å². The lowest BCUT2D eigenvalue weighted by Crippen LogP contribution is -2.09. The van der Waals surface area contributed by atoms with Gasteiger partial charge in [-0.25, -0.2) is 9.59 Å². The number of nitrogen functional groups attached to an aromatic ring is 1. The number of halogens is 1. The molecule has 0 unspecified atom stereocenters. The zero-order valence-electron chi connectivity index (χ0n) is 8.81. The molecule has 0 aliphatic rings. The van der Waals surface area contributed by atoms with E-state index in [1.54, 1.807) is 25.3 Å². The number of hydrogen-bond donors (Lipinski definition) is 4. The quantitative estimate of drug-likeness (QED) is 0.353. The molecule has 0 saturated carbocycles. The van der Waals surface area contributed by atoms with Crippen molar-refractivity contribution >= 4 is 29.2 Å². The van der Waals surface area contributed by atoms with E-state index in [1.165, 1.54) is 0 Å². The minimum Gasteiger partial charge on any atom is -0.495 e. The molecule has 7 nitrogen and oxygen atoms in total. The maximum atomic E-state index is 9.10. The molecule has 1 aromatic carbocycles. The highest BCUT2D eigenvalue weighted by Gasteiger charge is 2.04. The molecule has 0 radical (unpaired) electrons. The number of nitrogens with two attached hydrogens (primary N) is 1. The number of anilines is 1. The molecule has 0 spiro atoms. The molecule has 0 heterocycles. The molecule has 0 atom stereocenters. The fourth-order valence-electron chi connectivity index (χ4n) is 0.793. The minimum absolute atomic E-state index is 0.624. The van der Waals surface area contributed by atoms with E-state index >= 15 is 0 Å². The van der Waals surface area contributed by atoms with Crippen molar-refractivity contribution < 1.29 is 24.5 Å². The maximum absolute atomic E-state index is 9.10. The van der Waals surface area contributed by atoms with E-state index in [9.17, 15) is 0 Å². The summed E-state index contributed by atoms with van der Waals surface area (Å²) in [6.07, 6.45) is 0. The summed E-state index contributed by atoms with van der Waals surface area (Å²) in [6.45, 7) is 0. The number of methoxy groups -OCH3 is 1. The molecule has 0 aliphatic carbocycles. The SMILES string of the molecule is COc1ccc(Cl)cc1NN.O=C(O)C(=O)O. The molecule has 0 amide bonds. The molecule has 1 aromatic rings. The van der Waals surface area contributed by atoms with Crippen LogP contribution in [0.4, 0.5) is 5.69 Å². The summed E-state index contributed by atoms with van der Waals surface area (Å²) in [4.78, 5) is 18.2. The van der Waals surface area contributed by atoms with Crippen molar-refractivity contribution in [2.45, 2.75) is 0 Å². The number of carboxylic acid groups (broad SMARTS) is 2. The van der Waals surface area contributed by atoms with Crippen LogP contribution in [0.3, 0.4) is 0 Å². The van der Waals surface area contributed by atoms with Crippen molar-refractivity contribution in [3.63, 3.8) is 0 Å². The van der Waals surface area contributed by atoms with Crippen molar-refractivity contribution in [3.8, 4) is 5.75 Å². The smallest absolute Gasteiger partial charge is 0.414 e. The second kappa shape index (κ2) is 7.31. The summed E-state index contributed by atoms with van der Waals surface area (Å²) in [5.41, 5.74) is 3.16. The first-order valence-corrected chi connectivity index (χ1v) is 4.56. The van der Waals surface area contributed by atoms with Gasteiger partial charge in [0.05, 0.1) is 12.8 Å². The minimum atomic E-state index is -1.82. The Morgan fingerprint density at radius 1 is 1.35 bits per heavy atom. The lowest BCUT2D eigenvalue weighted by Gasteiger charge is -2.06. The zero-order valence-corrected chi connectivity index (χ0v) is 9.56. The normalized spacial score (nSPS) is 8.65. The zero-order chi connectivity index (χ0) is 13.4. The van der Waals surface area contributed by atoms with Gasteiger partial charge in [-0.2, -0.15) is 0 Å². The first kappa shape index (κ1) is 15.0. The number of hydrazine groups is 1. The third-order valence-electron chi connectivity index (χ3n) is 1.50. The number of carbonyl (C=O) groups is 2. The summed E-state index contributed by atoms with van der Waals surface area (Å²) in [7, 11) is 1.57. The predicted molar refractivity (Wildman–Crippen MR) is 61.1 cm³/mol. The average molecular weight is 263 g/mol. The number of hydrogen-bond acceptors (Lipinski definition) is 5. The van der Waals surface area contributed by atoms with Gasteiger partial charge in [0.15, 0.2) is 0 Å². The Balaban J connectivity index is 0.000000366. The predicted octanol–water partition coefficient (Wildman–Crippen LogP) is 0.790. The van der Waals surface area contributed by atoms with Crippen molar-refractivity contribution in [2.24, 2.45) is 5.84 Å². The lowest BCUT2D eigenvalue weighted by atomic mass is 10.3. The van der Waals surface area contributed by atoms with Crippen LogP contribution in [0.5, 0.6) is 5.75 Å². The highest BCUT2D eigenvalue weighted by Crippen LogP contribution is 2.26. The van der Waals surface area contributed by atoms with Crippen molar-refractivity contribution in [1.82, 2.24) is 0 Å². The van der Waals surface area contributed by atoms with E-state index in [-0.39, 0.29) is 0 Å². The van der Waals surface area contributed by atoms with E-state index < -0.39 is 11.9 Å². The van der Waals surface area contributed by atoms with E-state index in [0.717, 1.165) is 0 Å². The summed E-state index contributed by atoms with van der Waals surface area (Å²) in [5, 5.41) is 15.4. The van der Waals surface area contributed by atoms with Gasteiger partial charge in [0.25, 0.3) is 0 Å². The van der Waals surface area contributed by atoms with Crippen molar-refractivity contribution in [3.05, 3.63) is 23.2 Å². The molecule has 0 saturated heterocycles. The van der Waals surface area contributed by atoms with Gasteiger partial charge >= 0.3 is 11.9 Å². The molecule has 1 rings (SSSR count). The van der Waals surface area contributed by atoms with Gasteiger partial charge in [-0.1, -0.05) is 11.6 Å². The maximum Gasteiger partial charge on any atom is 0.414 e. The number of rotatable bonds is 2. The Hall–Kier alpha value is -1.99. The van der Waals surface area contributed by atoms with Gasteiger partial charge in [0, 0.05) is 5.02 Å². The van der Waals surface area contributed by atoms with Crippen LogP contribution in [0.2, 0.25) is 5.02 Å². The molecule has 0 aliphatic heterocycles. The molecule has 94 valence electrons. The number of aliphatic carboxylic acids is 2. The second-order valence-corrected chi connectivity index (χ2v) is 3.04. The fourth-order valence-corrected chi connectivity index (χ4v) is 0.965. The van der Waals surface area contributed by atoms with Crippen molar-refractivity contribution in [1.29, 1.82) is 0 Å². The molecule has 17 heavy (non-hydrogen) atoms. The summed E-state index contributed by atoms with van der Waals surface area (Å²) in [5.74, 6) is 2.24. The Labute approximate surface area is 102 Å². The molecular formula is C9H11ClN2O5. The first-order valence-electron chi connectivity index (χ1n) is 4.18. The number of nitrogens with one attached hydrogen (secondary N) is 1. The van der Waals surface area contributed by atoms with Gasteiger partial charge in [0.1, 0.15) is 5.75 Å². The Bertz CT molecular complexity index is 398. The van der Waals surface area contributed by atoms with E-state index in [1.807, 2.05) is 0 Å². The van der Waals surface area contributed by atoms with Crippen LogP contribution in [0.1, 0.15) is 0 Å². The van der Waals surface area contributed by atoms with E-state index in [2.05, 4.69) is 5.43 Å². The van der Waals surface area contributed by atoms with Crippen molar-refractivity contribution in [2.75, 3.05) is 12.5 Å². The van der Waals surface area contributed by atoms with Gasteiger partial charge < -0.3 is 20.4 Å². The van der Waals surface area contributed by atoms with Crippen LogP contribution >= 0.6 is 11.6 Å². The second-order valence-electron chi connectivity index (χ2n) is 2.60. The standard InChI is InChI=1S/C7H9ClN2O.C2H2O4/c1-11-7-3-2-5(8)4-6(7)10-9;3-1(4)2(5)6/h2-4,10H,9H2,1H3;(H,3,4)(H,5,6). The van der Waals surface area contributed by atoms with E-state index in [4.69, 9.17) is 42.0 Å². The number of benzene rings is 1. The Morgan fingerprint density at radius 3 is 2.24 bits per heavy atom. The number of carboxylic acids is 2. The first-order chi connectivity index (χ1) is 7.92. The van der Waals surface area contributed by atoms with Gasteiger partial charge in [-0.15, -0.1) is 0 Å². The van der Waals surface area contributed by atoms with Crippen LogP contribution in [-0.2, 0) is 9.59 Å². The Morgan fingerprint density at radius 2 is 1.88 bits per heavy atom. The topological polar surface area (TPSA) is 122 Å². The van der Waals surface area contributed by atoms with Gasteiger partial charge in [-0.3, -0.25) is 5.84 Å². The van der Waals surface area contributed by atoms with Crippen LogP contribution in [0.15, 0.2) is 18.2 Å². The van der Waals surface area contributed by atoms with Crippen LogP contribution in [0, 0.1) is 0 Å². The molecule has 5 N–H and O–H groups in total. The third-order valence-corrected chi connectivity index (χ3v) is 1.74. The van der Waals surface area contributed by atoms with Crippen LogP contribution in [-0.4, -0.2) is 29.3 Å². The van der Waals surface area contributed by atoms with Gasteiger partial charge in [0.2, 0.25) is 0 Å². The molecule has 0 aromatic heterocycles. The van der Waals surface area contributed by atoms with Gasteiger partial charge in [-0.05, 0) is 18.2 Å². The lowest BCUT2D eigenvalue weighted by molar-refractivity contribution is -0.159. The Kier molecular flexibility index (Phi) is 6.46. The summed E-state index contributed by atoms with van der Waals surface area (Å²) < 4.78 is 4.99. The highest BCUT2D eigenvalue weighted by molar-refractivity contribution is 6.30. The molecule has 8 heteroatoms.